The summed E-state index contributed by atoms with van der Waals surface area (Å²) in [5.41, 5.74) is 1.04. The Morgan fingerprint density at radius 1 is 1.38 bits per heavy atom. The Morgan fingerprint density at radius 3 is 2.38 bits per heavy atom. The van der Waals surface area contributed by atoms with Gasteiger partial charge in [0.1, 0.15) is 0 Å². The van der Waals surface area contributed by atoms with E-state index < -0.39 is 0 Å². The predicted octanol–water partition coefficient (Wildman–Crippen LogP) is 1.47. The predicted molar refractivity (Wildman–Crippen MR) is 51.6 cm³/mol. The zero-order valence-electron chi connectivity index (χ0n) is 7.90. The number of rotatable bonds is 2. The van der Waals surface area contributed by atoms with Gasteiger partial charge in [-0.15, -0.1) is 0 Å². The molecular weight excluding hydrogens is 164 g/mol. The summed E-state index contributed by atoms with van der Waals surface area (Å²) >= 11 is 0. The van der Waals surface area contributed by atoms with Crippen molar-refractivity contribution >= 4 is 5.91 Å². The Kier molecular flexibility index (Phi) is 3.03. The minimum Gasteiger partial charge on any atom is -0.274 e. The molecule has 3 heteroatoms. The molecule has 0 aliphatic heterocycles. The molecule has 1 aromatic carbocycles. The van der Waals surface area contributed by atoms with Gasteiger partial charge in [0.2, 0.25) is 5.91 Å². The molecule has 70 valence electrons. The van der Waals surface area contributed by atoms with Gasteiger partial charge in [0, 0.05) is 6.92 Å². The van der Waals surface area contributed by atoms with Gasteiger partial charge in [0.15, 0.2) is 0 Å². The number of hydrazine groups is 1. The van der Waals surface area contributed by atoms with Crippen molar-refractivity contribution in [3.05, 3.63) is 35.9 Å². The van der Waals surface area contributed by atoms with Gasteiger partial charge < -0.3 is 0 Å². The molecule has 13 heavy (non-hydrogen) atoms. The van der Waals surface area contributed by atoms with Gasteiger partial charge in [0.25, 0.3) is 0 Å². The van der Waals surface area contributed by atoms with Crippen molar-refractivity contribution in [2.24, 2.45) is 5.84 Å². The van der Waals surface area contributed by atoms with E-state index in [-0.39, 0.29) is 11.9 Å². The van der Waals surface area contributed by atoms with Crippen molar-refractivity contribution in [1.29, 1.82) is 0 Å². The summed E-state index contributed by atoms with van der Waals surface area (Å²) in [5.74, 6) is 5.45. The molecule has 0 unspecified atom stereocenters. The van der Waals surface area contributed by atoms with Crippen LogP contribution in [0.15, 0.2) is 30.3 Å². The van der Waals surface area contributed by atoms with Crippen LogP contribution in [0, 0.1) is 0 Å². The van der Waals surface area contributed by atoms with E-state index in [4.69, 9.17) is 5.84 Å². The Labute approximate surface area is 78.1 Å². The largest absolute Gasteiger partial charge is 0.274 e. The Bertz CT molecular complexity index is 284. The third-order valence-corrected chi connectivity index (χ3v) is 2.06. The monoisotopic (exact) mass is 178 g/mol. The molecule has 0 aliphatic carbocycles. The summed E-state index contributed by atoms with van der Waals surface area (Å²) < 4.78 is 0. The summed E-state index contributed by atoms with van der Waals surface area (Å²) in [6.45, 7) is 3.36. The normalized spacial score (nSPS) is 12.2. The summed E-state index contributed by atoms with van der Waals surface area (Å²) in [5, 5.41) is 1.23. The lowest BCUT2D eigenvalue weighted by Crippen LogP contribution is -2.37. The molecule has 0 saturated carbocycles. The molecule has 1 atom stereocenters. The first-order valence-electron chi connectivity index (χ1n) is 4.22. The average Bonchev–Trinajstić information content (AvgIpc) is 2.17. The molecule has 0 fully saturated rings. The van der Waals surface area contributed by atoms with E-state index in [1.807, 2.05) is 37.3 Å². The zero-order valence-corrected chi connectivity index (χ0v) is 7.90. The van der Waals surface area contributed by atoms with Crippen molar-refractivity contribution in [2.45, 2.75) is 19.9 Å². The number of benzene rings is 1. The van der Waals surface area contributed by atoms with Gasteiger partial charge in [-0.2, -0.15) is 0 Å². The van der Waals surface area contributed by atoms with E-state index in [9.17, 15) is 4.79 Å². The standard InChI is InChI=1S/C10H14N2O/c1-8(12(11)9(2)13)10-6-4-3-5-7-10/h3-8H,11H2,1-2H3/t8-/m0/s1. The molecule has 1 aromatic rings. The fourth-order valence-electron chi connectivity index (χ4n) is 1.16. The molecule has 1 amide bonds. The van der Waals surface area contributed by atoms with Crippen LogP contribution in [0.4, 0.5) is 0 Å². The van der Waals surface area contributed by atoms with Crippen molar-refractivity contribution in [2.75, 3.05) is 0 Å². The molecule has 0 aliphatic rings. The van der Waals surface area contributed by atoms with Crippen LogP contribution in [-0.4, -0.2) is 10.9 Å². The average molecular weight is 178 g/mol. The second kappa shape index (κ2) is 4.05. The molecule has 1 rings (SSSR count). The molecule has 0 saturated heterocycles. The topological polar surface area (TPSA) is 46.3 Å². The minimum atomic E-state index is -0.128. The zero-order chi connectivity index (χ0) is 9.84. The lowest BCUT2D eigenvalue weighted by atomic mass is 10.1. The van der Waals surface area contributed by atoms with Gasteiger partial charge in [-0.3, -0.25) is 9.80 Å². The highest BCUT2D eigenvalue weighted by atomic mass is 16.2. The first-order chi connectivity index (χ1) is 6.13. The van der Waals surface area contributed by atoms with E-state index in [1.165, 1.54) is 11.9 Å². The van der Waals surface area contributed by atoms with Crippen LogP contribution in [0.25, 0.3) is 0 Å². The molecule has 0 heterocycles. The van der Waals surface area contributed by atoms with Crippen LogP contribution in [0.3, 0.4) is 0 Å². The smallest absolute Gasteiger partial charge is 0.233 e. The van der Waals surface area contributed by atoms with Crippen molar-refractivity contribution in [3.8, 4) is 0 Å². The van der Waals surface area contributed by atoms with E-state index in [1.54, 1.807) is 0 Å². The van der Waals surface area contributed by atoms with Crippen LogP contribution in [0.2, 0.25) is 0 Å². The molecule has 0 aromatic heterocycles. The highest BCUT2D eigenvalue weighted by Gasteiger charge is 2.13. The second-order valence-corrected chi connectivity index (χ2v) is 3.01. The van der Waals surface area contributed by atoms with Crippen LogP contribution in [0.5, 0.6) is 0 Å². The fraction of sp³-hybridized carbons (Fsp3) is 0.300. The molecule has 0 spiro atoms. The Morgan fingerprint density at radius 2 is 1.92 bits per heavy atom. The maximum atomic E-state index is 11.0. The summed E-state index contributed by atoms with van der Waals surface area (Å²) in [7, 11) is 0. The Balaban J connectivity index is 2.79. The van der Waals surface area contributed by atoms with Crippen LogP contribution in [-0.2, 0) is 4.79 Å². The van der Waals surface area contributed by atoms with Gasteiger partial charge in [-0.05, 0) is 12.5 Å². The molecule has 3 nitrogen and oxygen atoms in total. The number of amides is 1. The summed E-state index contributed by atoms with van der Waals surface area (Å²) in [4.78, 5) is 11.0. The quantitative estimate of drug-likeness (QED) is 0.423. The van der Waals surface area contributed by atoms with Gasteiger partial charge in [-0.1, -0.05) is 30.3 Å². The lowest BCUT2D eigenvalue weighted by Gasteiger charge is -2.22. The van der Waals surface area contributed by atoms with E-state index in [0.29, 0.717) is 0 Å². The highest BCUT2D eigenvalue weighted by Crippen LogP contribution is 2.16. The molecular formula is C10H14N2O. The first kappa shape index (κ1) is 9.74. The second-order valence-electron chi connectivity index (χ2n) is 3.01. The molecule has 2 N–H and O–H groups in total. The highest BCUT2D eigenvalue weighted by molar-refractivity contribution is 5.73. The number of nitrogens with two attached hydrogens (primary N) is 1. The third-order valence-electron chi connectivity index (χ3n) is 2.06. The summed E-state index contributed by atoms with van der Waals surface area (Å²) in [6.07, 6.45) is 0. The fourth-order valence-corrected chi connectivity index (χ4v) is 1.16. The number of hydrogen-bond acceptors (Lipinski definition) is 2. The van der Waals surface area contributed by atoms with Gasteiger partial charge in [0.05, 0.1) is 6.04 Å². The first-order valence-corrected chi connectivity index (χ1v) is 4.22. The minimum absolute atomic E-state index is 0.0706. The number of nitrogens with zero attached hydrogens (tertiary/aromatic N) is 1. The number of carbonyl (C=O) groups is 1. The number of hydrogen-bond donors (Lipinski definition) is 1. The van der Waals surface area contributed by atoms with E-state index in [2.05, 4.69) is 0 Å². The molecule has 0 radical (unpaired) electrons. The van der Waals surface area contributed by atoms with Gasteiger partial charge >= 0.3 is 0 Å². The van der Waals surface area contributed by atoms with Crippen molar-refractivity contribution in [3.63, 3.8) is 0 Å². The van der Waals surface area contributed by atoms with E-state index >= 15 is 0 Å². The van der Waals surface area contributed by atoms with E-state index in [0.717, 1.165) is 5.56 Å². The Hall–Kier alpha value is -1.35. The van der Waals surface area contributed by atoms with Crippen LogP contribution >= 0.6 is 0 Å². The maximum Gasteiger partial charge on any atom is 0.233 e. The van der Waals surface area contributed by atoms with Gasteiger partial charge in [-0.25, -0.2) is 5.84 Å². The maximum absolute atomic E-state index is 11.0. The van der Waals surface area contributed by atoms with Crippen LogP contribution in [0.1, 0.15) is 25.5 Å². The summed E-state index contributed by atoms with van der Waals surface area (Å²) in [6, 6.07) is 9.63. The van der Waals surface area contributed by atoms with Crippen molar-refractivity contribution in [1.82, 2.24) is 5.01 Å². The van der Waals surface area contributed by atoms with Crippen LogP contribution < -0.4 is 5.84 Å². The molecule has 0 bridgehead atoms. The third kappa shape index (κ3) is 2.29. The number of carbonyl (C=O) groups excluding carboxylic acids is 1. The SMILES string of the molecule is CC(=O)N(N)[C@@H](C)c1ccccc1. The van der Waals surface area contributed by atoms with Crippen molar-refractivity contribution < 1.29 is 4.79 Å². The lowest BCUT2D eigenvalue weighted by molar-refractivity contribution is -0.131.